The molecule has 1 fully saturated rings. The van der Waals surface area contributed by atoms with Crippen LogP contribution in [0.15, 0.2) is 90.5 Å². The van der Waals surface area contributed by atoms with E-state index >= 15 is 0 Å². The second-order valence-electron chi connectivity index (χ2n) is 19.6. The smallest absolute Gasteiger partial charge is 0.314 e. The normalized spacial score (nSPS) is 16.4. The van der Waals surface area contributed by atoms with Crippen molar-refractivity contribution in [1.29, 1.82) is 0 Å². The van der Waals surface area contributed by atoms with Gasteiger partial charge in [-0.1, -0.05) is 156 Å². The van der Waals surface area contributed by atoms with Gasteiger partial charge in [-0.25, -0.2) is 0 Å². The molecule has 0 atom stereocenters. The third-order valence-corrected chi connectivity index (χ3v) is 11.2. The highest BCUT2D eigenvalue weighted by Crippen LogP contribution is 2.53. The van der Waals surface area contributed by atoms with Crippen LogP contribution >= 0.6 is 0 Å². The van der Waals surface area contributed by atoms with Crippen LogP contribution in [0.4, 0.5) is 0 Å². The first-order valence-electron chi connectivity index (χ1n) is 20.5. The number of hydrogen-bond acceptors (Lipinski definition) is 4. The third-order valence-electron chi connectivity index (χ3n) is 11.2. The Labute approximate surface area is 343 Å². The maximum Gasteiger partial charge on any atom is 0.314 e. The van der Waals surface area contributed by atoms with Crippen molar-refractivity contribution in [2.24, 2.45) is 0 Å². The van der Waals surface area contributed by atoms with Gasteiger partial charge in [0, 0.05) is 18.3 Å². The second kappa shape index (κ2) is 15.4. The van der Waals surface area contributed by atoms with Crippen LogP contribution in [0.2, 0.25) is 0 Å². The largest absolute Gasteiger partial charge is 0.466 e. The Kier molecular flexibility index (Phi) is 11.4. The number of carbonyl (C=O) groups excluding carboxylic acids is 2. The molecule has 0 unspecified atom stereocenters. The van der Waals surface area contributed by atoms with Crippen molar-refractivity contribution in [3.8, 4) is 22.3 Å². The van der Waals surface area contributed by atoms with E-state index in [1.165, 1.54) is 44.5 Å². The Hall–Kier alpha value is -4.44. The molecule has 0 aromatic carbocycles. The Morgan fingerprint density at radius 2 is 0.825 bits per heavy atom. The Morgan fingerprint density at radius 3 is 1.14 bits per heavy atom. The van der Waals surface area contributed by atoms with Crippen molar-refractivity contribution in [2.75, 3.05) is 13.2 Å². The minimum Gasteiger partial charge on any atom is -0.466 e. The van der Waals surface area contributed by atoms with E-state index in [9.17, 15) is 9.59 Å². The molecule has 4 heteroatoms. The fourth-order valence-electron chi connectivity index (χ4n) is 8.09. The van der Waals surface area contributed by atoms with E-state index < -0.39 is 11.9 Å². The highest BCUT2D eigenvalue weighted by atomic mass is 16.5. The molecule has 0 saturated heterocycles. The lowest BCUT2D eigenvalue weighted by Gasteiger charge is -2.19. The maximum atomic E-state index is 13.4. The van der Waals surface area contributed by atoms with Gasteiger partial charge in [0.25, 0.3) is 0 Å². The average molecular weight is 762 g/mol. The molecule has 297 valence electrons. The van der Waals surface area contributed by atoms with Crippen LogP contribution in [0.1, 0.15) is 130 Å². The van der Waals surface area contributed by atoms with Crippen molar-refractivity contribution < 1.29 is 19.1 Å². The minimum atomic E-state index is -0.465. The number of carbonyl (C=O) groups is 2. The van der Waals surface area contributed by atoms with E-state index in [2.05, 4.69) is 156 Å². The van der Waals surface area contributed by atoms with Crippen LogP contribution in [-0.2, 0) is 40.7 Å². The molecule has 0 bridgehead atoms. The first kappa shape index (κ1) is 42.2. The monoisotopic (exact) mass is 761 g/mol. The van der Waals surface area contributed by atoms with Gasteiger partial charge in [0.2, 0.25) is 0 Å². The van der Waals surface area contributed by atoms with Gasteiger partial charge >= 0.3 is 11.9 Å². The number of rotatable bonds is 6. The van der Waals surface area contributed by atoms with Crippen LogP contribution in [0.3, 0.4) is 0 Å². The number of ether oxygens (including phenoxy) is 2. The van der Waals surface area contributed by atoms with Crippen molar-refractivity contribution >= 4 is 17.5 Å². The summed E-state index contributed by atoms with van der Waals surface area (Å²) in [5.74, 6) is 1.07. The summed E-state index contributed by atoms with van der Waals surface area (Å²) in [6.07, 6.45) is 9.77. The lowest BCUT2D eigenvalue weighted by atomic mass is 9.85. The first-order chi connectivity index (χ1) is 26.6. The molecule has 57 heavy (non-hydrogen) atoms. The zero-order valence-electron chi connectivity index (χ0n) is 36.7. The van der Waals surface area contributed by atoms with E-state index in [4.69, 9.17) is 9.47 Å². The van der Waals surface area contributed by atoms with E-state index in [1.54, 1.807) is 20.3 Å². The van der Waals surface area contributed by atoms with Crippen molar-refractivity contribution in [3.63, 3.8) is 0 Å². The predicted molar refractivity (Wildman–Crippen MR) is 236 cm³/mol. The molecule has 0 amide bonds. The quantitative estimate of drug-likeness (QED) is 0.184. The molecule has 4 nitrogen and oxygen atoms in total. The number of hydrogen-bond donors (Lipinski definition) is 0. The Morgan fingerprint density at radius 1 is 0.474 bits per heavy atom. The third kappa shape index (κ3) is 8.30. The van der Waals surface area contributed by atoms with Gasteiger partial charge in [0.15, 0.2) is 0 Å². The molecule has 0 N–H and O–H groups in total. The molecule has 6 rings (SSSR count). The van der Waals surface area contributed by atoms with Crippen LogP contribution < -0.4 is 0 Å². The van der Waals surface area contributed by atoms with Gasteiger partial charge in [-0.15, -0.1) is 0 Å². The predicted octanol–water partition coefficient (Wildman–Crippen LogP) is 12.7. The van der Waals surface area contributed by atoms with E-state index in [-0.39, 0.29) is 34.9 Å². The molecule has 5 radical (unpaired) electrons. The summed E-state index contributed by atoms with van der Waals surface area (Å²) >= 11 is 0. The zero-order chi connectivity index (χ0) is 41.8. The first-order valence-corrected chi connectivity index (χ1v) is 20.5. The molecular formula is C53H61O4. The summed E-state index contributed by atoms with van der Waals surface area (Å²) in [6.45, 7) is 31.3. The number of allylic oxidation sites excluding steroid dienone is 5. The molecule has 0 aromatic heterocycles. The minimum absolute atomic E-state index is 0.0287. The lowest BCUT2D eigenvalue weighted by Crippen LogP contribution is -2.19. The van der Waals surface area contributed by atoms with E-state index in [0.29, 0.717) is 23.7 Å². The fraction of sp³-hybridized carbons (Fsp3) is 0.377. The molecule has 6 aliphatic rings. The molecular weight excluding hydrogens is 701 g/mol. The average Bonchev–Trinajstić information content (AvgIpc) is 3.55. The van der Waals surface area contributed by atoms with Crippen LogP contribution in [0.5, 0.6) is 0 Å². The lowest BCUT2D eigenvalue weighted by molar-refractivity contribution is -0.140. The molecule has 0 spiro atoms. The van der Waals surface area contributed by atoms with Crippen LogP contribution in [-0.4, -0.2) is 25.2 Å². The molecule has 1 saturated carbocycles. The highest BCUT2D eigenvalue weighted by molar-refractivity contribution is 6.07. The number of esters is 2. The summed E-state index contributed by atoms with van der Waals surface area (Å²) in [6, 6.07) is 23.2. The summed E-state index contributed by atoms with van der Waals surface area (Å²) in [4.78, 5) is 26.8. The maximum absolute atomic E-state index is 13.4. The topological polar surface area (TPSA) is 52.6 Å². The number of fused-ring (bicyclic) bond motifs is 3. The van der Waals surface area contributed by atoms with E-state index in [0.717, 1.165) is 22.3 Å². The molecule has 0 aromatic rings. The van der Waals surface area contributed by atoms with Gasteiger partial charge < -0.3 is 9.47 Å². The molecule has 6 aliphatic carbocycles. The Bertz CT molecular complexity index is 2030. The van der Waals surface area contributed by atoms with Crippen molar-refractivity contribution in [1.82, 2.24) is 0 Å². The summed E-state index contributed by atoms with van der Waals surface area (Å²) in [5, 5.41) is 0. The SMILES string of the molecule is CCOC(=O)[C]1[CH][C](C(=O)OCC)[C]2C=CC(=C(c3cc(C(C)(C)C)c4ccc(C(C)(C)C)ccc3-4)c3cc(C(C)(C)C)c4ccc(C(C)(C)C)ccc3-4)C=C[C]21. The van der Waals surface area contributed by atoms with Gasteiger partial charge in [0.1, 0.15) is 11.8 Å². The molecule has 0 heterocycles. The summed E-state index contributed by atoms with van der Waals surface area (Å²) < 4.78 is 11.0. The van der Waals surface area contributed by atoms with Gasteiger partial charge in [-0.3, -0.25) is 9.59 Å². The van der Waals surface area contributed by atoms with E-state index in [1.807, 2.05) is 12.2 Å². The second-order valence-corrected chi connectivity index (χ2v) is 19.6. The van der Waals surface area contributed by atoms with Crippen LogP contribution in [0, 0.1) is 30.1 Å². The Balaban J connectivity index is 1.73. The zero-order valence-corrected chi connectivity index (χ0v) is 36.7. The van der Waals surface area contributed by atoms with Gasteiger partial charge in [-0.05, 0) is 114 Å². The molecule has 0 aliphatic heterocycles. The standard InChI is InChI=1S/C53H61O4/c1-15-56-48(54)43-29-44(49(55)57-16-2)36-24-18-32(17-23-35(36)43)47(41-30-45(52(9,10)11)39-27-21-33(50(3,4)5)19-25-37(39)41)42-31-46(53(12,13)14)40-28-22-34(51(6,7)8)20-26-38(40)42/h17-31H,15-16H2,1-14H3. The van der Waals surface area contributed by atoms with Gasteiger partial charge in [-0.2, -0.15) is 0 Å². The van der Waals surface area contributed by atoms with Crippen molar-refractivity contribution in [3.05, 3.63) is 154 Å². The van der Waals surface area contributed by atoms with Crippen LogP contribution in [0.25, 0.3) is 27.8 Å². The summed E-state index contributed by atoms with van der Waals surface area (Å²) in [7, 11) is 0. The van der Waals surface area contributed by atoms with Crippen molar-refractivity contribution in [2.45, 2.75) is 119 Å². The van der Waals surface area contributed by atoms with Gasteiger partial charge in [0.05, 0.1) is 13.2 Å². The summed E-state index contributed by atoms with van der Waals surface area (Å²) in [5.41, 5.74) is 13.9. The highest BCUT2D eigenvalue weighted by Gasteiger charge is 2.51. The fourth-order valence-corrected chi connectivity index (χ4v) is 8.09.